The molecule has 3 nitrogen and oxygen atoms in total. The molecule has 9 heavy (non-hydrogen) atoms. The Labute approximate surface area is 77.9 Å². The maximum Gasteiger partial charge on any atom is 0.269 e. The molecule has 0 fully saturated rings. The number of hydrogen-bond donors (Lipinski definition) is 1. The van der Waals surface area contributed by atoms with Crippen LogP contribution in [0, 0.1) is 0 Å². The van der Waals surface area contributed by atoms with Crippen LogP contribution in [0.1, 0.15) is 20.8 Å². The van der Waals surface area contributed by atoms with Crippen molar-refractivity contribution in [2.75, 3.05) is 0 Å². The van der Waals surface area contributed by atoms with E-state index in [1.165, 1.54) is 20.8 Å². The minimum absolute atomic E-state index is 0. The third kappa shape index (κ3) is 4.33. The van der Waals surface area contributed by atoms with Crippen LogP contribution in [-0.4, -0.2) is 47.3 Å². The first-order valence-electron chi connectivity index (χ1n) is 2.22. The van der Waals surface area contributed by atoms with E-state index in [1.807, 2.05) is 0 Å². The Hall–Kier alpha value is 0.910. The van der Waals surface area contributed by atoms with Gasteiger partial charge < -0.3 is 0 Å². The summed E-state index contributed by atoms with van der Waals surface area (Å²) in [4.78, 5) is 0. The molecule has 51 valence electrons. The molecular formula is C4H10NaO3S. The molecule has 0 aromatic carbocycles. The normalized spacial score (nSPS) is 12.4. The van der Waals surface area contributed by atoms with Crippen molar-refractivity contribution < 1.29 is 13.0 Å². The molecule has 0 aromatic rings. The SMILES string of the molecule is CC(C)(C)S(=O)(=O)O.[Na]. The molecule has 0 saturated heterocycles. The molecule has 0 spiro atoms. The van der Waals surface area contributed by atoms with Gasteiger partial charge in [-0.3, -0.25) is 4.55 Å². The Morgan fingerprint density at radius 3 is 1.33 bits per heavy atom. The van der Waals surface area contributed by atoms with Crippen molar-refractivity contribution in [3.63, 3.8) is 0 Å². The van der Waals surface area contributed by atoms with Crippen molar-refractivity contribution in [3.05, 3.63) is 0 Å². The fourth-order valence-electron chi connectivity index (χ4n) is 0. The van der Waals surface area contributed by atoms with E-state index in [0.717, 1.165) is 0 Å². The van der Waals surface area contributed by atoms with Gasteiger partial charge in [0.25, 0.3) is 10.1 Å². The first kappa shape index (κ1) is 12.6. The summed E-state index contributed by atoms with van der Waals surface area (Å²) < 4.78 is 27.7. The van der Waals surface area contributed by atoms with E-state index in [9.17, 15) is 8.42 Å². The Kier molecular flexibility index (Phi) is 4.67. The molecule has 0 bridgehead atoms. The smallest absolute Gasteiger partial charge is 0.269 e. The number of rotatable bonds is 0. The summed E-state index contributed by atoms with van der Waals surface area (Å²) in [6.07, 6.45) is 0. The monoisotopic (exact) mass is 161 g/mol. The average molecular weight is 161 g/mol. The Bertz CT molecular complexity index is 165. The minimum atomic E-state index is -3.84. The van der Waals surface area contributed by atoms with Gasteiger partial charge in [-0.25, -0.2) is 0 Å². The van der Waals surface area contributed by atoms with Crippen molar-refractivity contribution in [2.24, 2.45) is 0 Å². The fourth-order valence-corrected chi connectivity index (χ4v) is 0. The Balaban J connectivity index is 0. The molecule has 5 heteroatoms. The quantitative estimate of drug-likeness (QED) is 0.410. The van der Waals surface area contributed by atoms with Gasteiger partial charge in [0.05, 0.1) is 4.75 Å². The maximum atomic E-state index is 10.2. The van der Waals surface area contributed by atoms with E-state index in [2.05, 4.69) is 0 Å². The molecule has 1 N–H and O–H groups in total. The van der Waals surface area contributed by atoms with Gasteiger partial charge in [-0.2, -0.15) is 8.42 Å². The first-order chi connectivity index (χ1) is 3.25. The summed E-state index contributed by atoms with van der Waals surface area (Å²) in [5.41, 5.74) is 0. The summed E-state index contributed by atoms with van der Waals surface area (Å²) >= 11 is 0. The van der Waals surface area contributed by atoms with Crippen LogP contribution in [0.5, 0.6) is 0 Å². The topological polar surface area (TPSA) is 54.4 Å². The van der Waals surface area contributed by atoms with Gasteiger partial charge in [-0.05, 0) is 20.8 Å². The summed E-state index contributed by atoms with van der Waals surface area (Å²) in [7, 11) is -3.84. The third-order valence-electron chi connectivity index (χ3n) is 0.774. The Morgan fingerprint density at radius 1 is 1.22 bits per heavy atom. The molecule has 0 aliphatic rings. The Morgan fingerprint density at radius 2 is 1.33 bits per heavy atom. The van der Waals surface area contributed by atoms with Crippen molar-refractivity contribution in [1.29, 1.82) is 0 Å². The molecule has 0 aliphatic heterocycles. The second-order valence-electron chi connectivity index (χ2n) is 2.59. The predicted molar refractivity (Wildman–Crippen MR) is 37.1 cm³/mol. The van der Waals surface area contributed by atoms with Crippen LogP contribution in [0.4, 0.5) is 0 Å². The summed E-state index contributed by atoms with van der Waals surface area (Å²) in [6.45, 7) is 4.30. The minimum Gasteiger partial charge on any atom is -0.285 e. The van der Waals surface area contributed by atoms with Crippen LogP contribution < -0.4 is 0 Å². The van der Waals surface area contributed by atoms with Crippen LogP contribution >= 0.6 is 0 Å². The van der Waals surface area contributed by atoms with E-state index in [0.29, 0.717) is 0 Å². The third-order valence-corrected chi connectivity index (χ3v) is 2.32. The van der Waals surface area contributed by atoms with Crippen molar-refractivity contribution >= 4 is 39.7 Å². The number of hydrogen-bond acceptors (Lipinski definition) is 2. The van der Waals surface area contributed by atoms with E-state index in [4.69, 9.17) is 4.55 Å². The fraction of sp³-hybridized carbons (Fsp3) is 1.00. The predicted octanol–water partition coefficient (Wildman–Crippen LogP) is 0.292. The van der Waals surface area contributed by atoms with Gasteiger partial charge >= 0.3 is 0 Å². The van der Waals surface area contributed by atoms with Crippen LogP contribution in [0.15, 0.2) is 0 Å². The van der Waals surface area contributed by atoms with Gasteiger partial charge in [0.15, 0.2) is 0 Å². The molecule has 0 saturated carbocycles. The van der Waals surface area contributed by atoms with Gasteiger partial charge in [-0.1, -0.05) is 0 Å². The molecule has 0 atom stereocenters. The molecule has 0 unspecified atom stereocenters. The van der Waals surface area contributed by atoms with E-state index in [1.54, 1.807) is 0 Å². The molecule has 0 amide bonds. The second-order valence-corrected chi connectivity index (χ2v) is 4.76. The van der Waals surface area contributed by atoms with Gasteiger partial charge in [-0.15, -0.1) is 0 Å². The van der Waals surface area contributed by atoms with E-state index in [-0.39, 0.29) is 29.6 Å². The first-order valence-corrected chi connectivity index (χ1v) is 3.66. The standard InChI is InChI=1S/C4H10O3S.Na/c1-4(2,3)8(5,6)7;/h1-3H3,(H,5,6,7);. The average Bonchev–Trinajstić information content (AvgIpc) is 1.25. The molecule has 0 aliphatic carbocycles. The zero-order valence-electron chi connectivity index (χ0n) is 6.17. The molecule has 0 heterocycles. The zero-order valence-corrected chi connectivity index (χ0v) is 8.99. The van der Waals surface area contributed by atoms with Gasteiger partial charge in [0.2, 0.25) is 0 Å². The van der Waals surface area contributed by atoms with E-state index < -0.39 is 14.9 Å². The molecule has 0 aromatic heterocycles. The van der Waals surface area contributed by atoms with E-state index >= 15 is 0 Å². The van der Waals surface area contributed by atoms with Crippen molar-refractivity contribution in [3.8, 4) is 0 Å². The largest absolute Gasteiger partial charge is 0.285 e. The molecular weight excluding hydrogens is 151 g/mol. The summed E-state index contributed by atoms with van der Waals surface area (Å²) in [6, 6.07) is 0. The van der Waals surface area contributed by atoms with Crippen molar-refractivity contribution in [2.45, 2.75) is 25.5 Å². The maximum absolute atomic E-state index is 10.2. The summed E-state index contributed by atoms with van der Waals surface area (Å²) in [5.74, 6) is 0. The summed E-state index contributed by atoms with van der Waals surface area (Å²) in [5, 5.41) is 0. The van der Waals surface area contributed by atoms with Crippen LogP contribution in [0.25, 0.3) is 0 Å². The molecule has 1 radical (unpaired) electrons. The van der Waals surface area contributed by atoms with Gasteiger partial charge in [0, 0.05) is 29.6 Å². The van der Waals surface area contributed by atoms with Crippen LogP contribution in [0.2, 0.25) is 0 Å². The van der Waals surface area contributed by atoms with Crippen molar-refractivity contribution in [1.82, 2.24) is 0 Å². The second kappa shape index (κ2) is 3.34. The van der Waals surface area contributed by atoms with Crippen LogP contribution in [-0.2, 0) is 10.1 Å². The van der Waals surface area contributed by atoms with Crippen LogP contribution in [0.3, 0.4) is 0 Å². The zero-order chi connectivity index (χ0) is 7.00. The molecule has 0 rings (SSSR count). The van der Waals surface area contributed by atoms with Gasteiger partial charge in [0.1, 0.15) is 0 Å².